The molecule has 4 nitrogen and oxygen atoms in total. The molecule has 3 rings (SSSR count). The van der Waals surface area contributed by atoms with Gasteiger partial charge in [0, 0.05) is 22.5 Å². The number of thiazole rings is 1. The average Bonchev–Trinajstić information content (AvgIpc) is 3.11. The van der Waals surface area contributed by atoms with Crippen LogP contribution in [0.25, 0.3) is 6.08 Å². The smallest absolute Gasteiger partial charge is 0.268 e. The van der Waals surface area contributed by atoms with Gasteiger partial charge in [-0.2, -0.15) is 5.26 Å². The van der Waals surface area contributed by atoms with Gasteiger partial charge in [0.2, 0.25) is 0 Å². The normalized spacial score (nSPS) is 11.1. The Labute approximate surface area is 181 Å². The Hall–Kier alpha value is -2.36. The highest BCUT2D eigenvalue weighted by Crippen LogP contribution is 2.26. The van der Waals surface area contributed by atoms with E-state index in [1.807, 2.05) is 12.1 Å². The summed E-state index contributed by atoms with van der Waals surface area (Å²) in [6, 6.07) is 14.2. The molecule has 0 saturated heterocycles. The van der Waals surface area contributed by atoms with Crippen LogP contribution in [0.2, 0.25) is 15.1 Å². The van der Waals surface area contributed by atoms with Crippen LogP contribution >= 0.6 is 46.1 Å². The Morgan fingerprint density at radius 1 is 1.14 bits per heavy atom. The van der Waals surface area contributed by atoms with Gasteiger partial charge in [0.05, 0.1) is 10.0 Å². The molecule has 0 aliphatic rings. The lowest BCUT2D eigenvalue weighted by Crippen LogP contribution is -2.13. The van der Waals surface area contributed by atoms with Crippen molar-refractivity contribution in [3.63, 3.8) is 0 Å². The number of benzene rings is 2. The van der Waals surface area contributed by atoms with Crippen LogP contribution in [0.15, 0.2) is 54.2 Å². The standard InChI is InChI=1S/C20H12Cl3N3OS/c21-15-4-1-12(2-5-15)7-14(10-24)19(27)26-20-25-11-16(28-20)8-13-3-6-17(22)18(23)9-13/h1-7,9,11H,8H2,(H,25,26,27). The van der Waals surface area contributed by atoms with Gasteiger partial charge in [-0.05, 0) is 41.5 Å². The second-order valence-corrected chi connectivity index (χ2v) is 8.10. The van der Waals surface area contributed by atoms with Crippen LogP contribution in [0, 0.1) is 11.3 Å². The van der Waals surface area contributed by atoms with E-state index in [-0.39, 0.29) is 5.57 Å². The zero-order valence-electron chi connectivity index (χ0n) is 14.2. The molecule has 0 radical (unpaired) electrons. The van der Waals surface area contributed by atoms with E-state index < -0.39 is 5.91 Å². The first-order chi connectivity index (χ1) is 13.4. The second-order valence-electron chi connectivity index (χ2n) is 5.73. The van der Waals surface area contributed by atoms with Crippen LogP contribution in [0.1, 0.15) is 16.0 Å². The second kappa shape index (κ2) is 9.22. The van der Waals surface area contributed by atoms with Crippen molar-refractivity contribution >= 4 is 63.3 Å². The first-order valence-corrected chi connectivity index (χ1v) is 9.97. The summed E-state index contributed by atoms with van der Waals surface area (Å²) in [6.45, 7) is 0. The van der Waals surface area contributed by atoms with E-state index in [1.54, 1.807) is 42.6 Å². The number of hydrogen-bond acceptors (Lipinski definition) is 4. The fraction of sp³-hybridized carbons (Fsp3) is 0.0500. The zero-order chi connectivity index (χ0) is 20.1. The van der Waals surface area contributed by atoms with Crippen LogP contribution in [-0.4, -0.2) is 10.9 Å². The maximum Gasteiger partial charge on any atom is 0.268 e. The van der Waals surface area contributed by atoms with Crippen LogP contribution in [0.4, 0.5) is 5.13 Å². The average molecular weight is 449 g/mol. The van der Waals surface area contributed by atoms with Gasteiger partial charge in [-0.25, -0.2) is 4.98 Å². The van der Waals surface area contributed by atoms with Gasteiger partial charge in [0.25, 0.3) is 5.91 Å². The van der Waals surface area contributed by atoms with Crippen molar-refractivity contribution < 1.29 is 4.79 Å². The van der Waals surface area contributed by atoms with Gasteiger partial charge in [-0.3, -0.25) is 10.1 Å². The van der Waals surface area contributed by atoms with E-state index in [4.69, 9.17) is 34.8 Å². The maximum absolute atomic E-state index is 12.4. The summed E-state index contributed by atoms with van der Waals surface area (Å²) in [4.78, 5) is 17.5. The number of nitriles is 1. The first kappa shape index (κ1) is 20.4. The molecule has 3 aromatic rings. The molecule has 0 spiro atoms. The Kier molecular flexibility index (Phi) is 6.71. The molecule has 0 saturated carbocycles. The molecule has 0 fully saturated rings. The molecule has 1 amide bonds. The minimum Gasteiger partial charge on any atom is -0.297 e. The van der Waals surface area contributed by atoms with Crippen LogP contribution in [-0.2, 0) is 11.2 Å². The third-order valence-electron chi connectivity index (χ3n) is 3.68. The number of anilines is 1. The van der Waals surface area contributed by atoms with E-state index in [0.717, 1.165) is 10.4 Å². The molecule has 0 aliphatic heterocycles. The van der Waals surface area contributed by atoms with Crippen LogP contribution in [0.3, 0.4) is 0 Å². The van der Waals surface area contributed by atoms with Crippen molar-refractivity contribution in [2.24, 2.45) is 0 Å². The van der Waals surface area contributed by atoms with E-state index in [1.165, 1.54) is 17.4 Å². The van der Waals surface area contributed by atoms with E-state index in [2.05, 4.69) is 10.3 Å². The van der Waals surface area contributed by atoms with Crippen molar-refractivity contribution in [3.8, 4) is 6.07 Å². The summed E-state index contributed by atoms with van der Waals surface area (Å²) >= 11 is 19.1. The minimum absolute atomic E-state index is 0.0245. The zero-order valence-corrected chi connectivity index (χ0v) is 17.3. The molecule has 0 unspecified atom stereocenters. The van der Waals surface area contributed by atoms with E-state index >= 15 is 0 Å². The minimum atomic E-state index is -0.520. The molecule has 1 aromatic heterocycles. The summed E-state index contributed by atoms with van der Waals surface area (Å²) in [5.41, 5.74) is 1.66. The highest BCUT2D eigenvalue weighted by Gasteiger charge is 2.12. The molecule has 28 heavy (non-hydrogen) atoms. The van der Waals surface area contributed by atoms with Gasteiger partial charge < -0.3 is 0 Å². The SMILES string of the molecule is N#CC(=Cc1ccc(Cl)cc1)C(=O)Nc1ncc(Cc2ccc(Cl)c(Cl)c2)s1. The van der Waals surface area contributed by atoms with Crippen LogP contribution in [0.5, 0.6) is 0 Å². The lowest BCUT2D eigenvalue weighted by molar-refractivity contribution is -0.112. The third kappa shape index (κ3) is 5.34. The van der Waals surface area contributed by atoms with Gasteiger partial charge in [0.1, 0.15) is 11.6 Å². The maximum atomic E-state index is 12.4. The number of hydrogen-bond donors (Lipinski definition) is 1. The predicted molar refractivity (Wildman–Crippen MR) is 115 cm³/mol. The number of carbonyl (C=O) groups is 1. The van der Waals surface area contributed by atoms with Gasteiger partial charge in [-0.1, -0.05) is 53.0 Å². The van der Waals surface area contributed by atoms with E-state index in [0.29, 0.717) is 32.2 Å². The largest absolute Gasteiger partial charge is 0.297 e. The number of aromatic nitrogens is 1. The van der Waals surface area contributed by atoms with Crippen LogP contribution < -0.4 is 5.32 Å². The Balaban J connectivity index is 1.69. The Morgan fingerprint density at radius 3 is 2.57 bits per heavy atom. The molecule has 140 valence electrons. The number of halogens is 3. The number of nitrogens with zero attached hydrogens (tertiary/aromatic N) is 2. The third-order valence-corrected chi connectivity index (χ3v) is 5.59. The highest BCUT2D eigenvalue weighted by molar-refractivity contribution is 7.15. The molecule has 2 aromatic carbocycles. The van der Waals surface area contributed by atoms with Crippen molar-refractivity contribution in [3.05, 3.63) is 85.3 Å². The Morgan fingerprint density at radius 2 is 1.89 bits per heavy atom. The van der Waals surface area contributed by atoms with Crippen molar-refractivity contribution in [2.45, 2.75) is 6.42 Å². The lowest BCUT2D eigenvalue weighted by Gasteiger charge is -2.01. The fourth-order valence-electron chi connectivity index (χ4n) is 2.34. The summed E-state index contributed by atoms with van der Waals surface area (Å²) in [7, 11) is 0. The van der Waals surface area contributed by atoms with Crippen molar-refractivity contribution in [2.75, 3.05) is 5.32 Å². The summed E-state index contributed by atoms with van der Waals surface area (Å²) in [5.74, 6) is -0.520. The monoisotopic (exact) mass is 447 g/mol. The molecule has 1 heterocycles. The molecular weight excluding hydrogens is 437 g/mol. The van der Waals surface area contributed by atoms with Gasteiger partial charge in [-0.15, -0.1) is 11.3 Å². The molecule has 0 atom stereocenters. The molecule has 1 N–H and O–H groups in total. The van der Waals surface area contributed by atoms with Gasteiger partial charge in [0.15, 0.2) is 5.13 Å². The Bertz CT molecular complexity index is 1080. The number of carbonyl (C=O) groups excluding carboxylic acids is 1. The van der Waals surface area contributed by atoms with Crippen molar-refractivity contribution in [1.82, 2.24) is 4.98 Å². The van der Waals surface area contributed by atoms with Crippen molar-refractivity contribution in [1.29, 1.82) is 5.26 Å². The summed E-state index contributed by atoms with van der Waals surface area (Å²) in [6.07, 6.45) is 3.78. The summed E-state index contributed by atoms with van der Waals surface area (Å²) in [5, 5.41) is 13.9. The molecule has 0 aliphatic carbocycles. The fourth-order valence-corrected chi connectivity index (χ4v) is 3.62. The molecule has 0 bridgehead atoms. The number of nitrogens with one attached hydrogen (secondary N) is 1. The van der Waals surface area contributed by atoms with E-state index in [9.17, 15) is 10.1 Å². The summed E-state index contributed by atoms with van der Waals surface area (Å²) < 4.78 is 0. The topological polar surface area (TPSA) is 65.8 Å². The quantitative estimate of drug-likeness (QED) is 0.371. The molecule has 8 heteroatoms. The lowest BCUT2D eigenvalue weighted by atomic mass is 10.1. The van der Waals surface area contributed by atoms with Gasteiger partial charge >= 0.3 is 0 Å². The highest BCUT2D eigenvalue weighted by atomic mass is 35.5. The number of rotatable bonds is 5. The first-order valence-electron chi connectivity index (χ1n) is 8.02. The molecular formula is C20H12Cl3N3OS. The predicted octanol–water partition coefficient (Wildman–Crippen LogP) is 6.24. The number of amides is 1.